The smallest absolute Gasteiger partial charge is 0.0582 e. The number of hydrogen-bond donors (Lipinski definition) is 2. The van der Waals surface area contributed by atoms with E-state index in [0.717, 1.165) is 10.6 Å². The van der Waals surface area contributed by atoms with Gasteiger partial charge in [0.25, 0.3) is 0 Å². The number of aliphatic hydroxyl groups excluding tert-OH is 1. The molecule has 0 aliphatic heterocycles. The monoisotopic (exact) mass is 213 g/mol. The fourth-order valence-electron chi connectivity index (χ4n) is 1.40. The van der Waals surface area contributed by atoms with Crippen LogP contribution in [0.1, 0.15) is 25.5 Å². The van der Waals surface area contributed by atoms with Crippen molar-refractivity contribution < 1.29 is 5.11 Å². The zero-order valence-electron chi connectivity index (χ0n) is 8.50. The highest BCUT2D eigenvalue weighted by Crippen LogP contribution is 2.22. The molecule has 1 unspecified atom stereocenters. The molecule has 1 aromatic rings. The molecule has 0 amide bonds. The minimum atomic E-state index is 0.0845. The number of rotatable bonds is 4. The summed E-state index contributed by atoms with van der Waals surface area (Å²) in [7, 11) is 0. The van der Waals surface area contributed by atoms with Crippen molar-refractivity contribution in [2.75, 3.05) is 6.61 Å². The molecule has 0 aliphatic carbocycles. The number of nitrogens with one attached hydrogen (secondary N) is 1. The molecule has 0 spiro atoms. The van der Waals surface area contributed by atoms with E-state index in [-0.39, 0.29) is 18.7 Å². The maximum atomic E-state index is 8.90. The number of halogens is 1. The number of aliphatic hydroxyl groups is 1. The fourth-order valence-corrected chi connectivity index (χ4v) is 1.69. The van der Waals surface area contributed by atoms with Gasteiger partial charge in [0, 0.05) is 17.1 Å². The Labute approximate surface area is 89.9 Å². The Morgan fingerprint density at radius 3 is 2.57 bits per heavy atom. The lowest BCUT2D eigenvalue weighted by atomic mass is 10.1. The SMILES string of the molecule is CC(N[C@H](C)CO)c1ccccc1Cl. The predicted molar refractivity (Wildman–Crippen MR) is 59.6 cm³/mol. The average Bonchev–Trinajstić information content (AvgIpc) is 2.18. The zero-order chi connectivity index (χ0) is 10.6. The molecule has 1 aromatic carbocycles. The molecule has 0 radical (unpaired) electrons. The Morgan fingerprint density at radius 2 is 2.00 bits per heavy atom. The summed E-state index contributed by atoms with van der Waals surface area (Å²) in [5, 5.41) is 12.9. The van der Waals surface area contributed by atoms with E-state index in [0.29, 0.717) is 0 Å². The van der Waals surface area contributed by atoms with Crippen molar-refractivity contribution in [3.05, 3.63) is 34.9 Å². The van der Waals surface area contributed by atoms with Crippen molar-refractivity contribution in [1.82, 2.24) is 5.32 Å². The van der Waals surface area contributed by atoms with E-state index in [1.807, 2.05) is 38.1 Å². The van der Waals surface area contributed by atoms with Crippen LogP contribution in [0.5, 0.6) is 0 Å². The molecular weight excluding hydrogens is 198 g/mol. The van der Waals surface area contributed by atoms with Gasteiger partial charge in [-0.1, -0.05) is 29.8 Å². The van der Waals surface area contributed by atoms with Gasteiger partial charge >= 0.3 is 0 Å². The Morgan fingerprint density at radius 1 is 1.36 bits per heavy atom. The summed E-state index contributed by atoms with van der Waals surface area (Å²) < 4.78 is 0. The fraction of sp³-hybridized carbons (Fsp3) is 0.455. The summed E-state index contributed by atoms with van der Waals surface area (Å²) in [6.07, 6.45) is 0. The van der Waals surface area contributed by atoms with Crippen LogP contribution in [0.2, 0.25) is 5.02 Å². The van der Waals surface area contributed by atoms with E-state index in [1.165, 1.54) is 0 Å². The lowest BCUT2D eigenvalue weighted by Gasteiger charge is -2.19. The summed E-state index contributed by atoms with van der Waals surface area (Å²) in [4.78, 5) is 0. The first kappa shape index (κ1) is 11.5. The van der Waals surface area contributed by atoms with Gasteiger partial charge in [0.2, 0.25) is 0 Å². The molecule has 0 saturated heterocycles. The quantitative estimate of drug-likeness (QED) is 0.805. The highest BCUT2D eigenvalue weighted by atomic mass is 35.5. The molecule has 1 rings (SSSR count). The van der Waals surface area contributed by atoms with Crippen LogP contribution in [0.15, 0.2) is 24.3 Å². The normalized spacial score (nSPS) is 15.1. The Balaban J connectivity index is 2.69. The van der Waals surface area contributed by atoms with Crippen molar-refractivity contribution >= 4 is 11.6 Å². The molecule has 0 aliphatic rings. The summed E-state index contributed by atoms with van der Waals surface area (Å²) >= 11 is 6.04. The van der Waals surface area contributed by atoms with E-state index < -0.39 is 0 Å². The van der Waals surface area contributed by atoms with Gasteiger partial charge in [-0.05, 0) is 25.5 Å². The van der Waals surface area contributed by atoms with Gasteiger partial charge in [-0.3, -0.25) is 0 Å². The van der Waals surface area contributed by atoms with Crippen molar-refractivity contribution in [2.45, 2.75) is 25.9 Å². The van der Waals surface area contributed by atoms with Gasteiger partial charge in [0.1, 0.15) is 0 Å². The molecule has 3 heteroatoms. The van der Waals surface area contributed by atoms with E-state index in [4.69, 9.17) is 16.7 Å². The molecular formula is C11H16ClNO. The van der Waals surface area contributed by atoms with Crippen molar-refractivity contribution in [3.8, 4) is 0 Å². The second-order valence-electron chi connectivity index (χ2n) is 3.49. The first-order valence-electron chi connectivity index (χ1n) is 4.76. The van der Waals surface area contributed by atoms with Crippen LogP contribution in [0, 0.1) is 0 Å². The Hall–Kier alpha value is -0.570. The van der Waals surface area contributed by atoms with Crippen molar-refractivity contribution in [1.29, 1.82) is 0 Å². The molecule has 0 saturated carbocycles. The molecule has 2 atom stereocenters. The molecule has 0 aromatic heterocycles. The molecule has 2 nitrogen and oxygen atoms in total. The topological polar surface area (TPSA) is 32.3 Å². The van der Waals surface area contributed by atoms with E-state index in [1.54, 1.807) is 0 Å². The van der Waals surface area contributed by atoms with Crippen LogP contribution in [0.3, 0.4) is 0 Å². The summed E-state index contributed by atoms with van der Waals surface area (Å²) in [6.45, 7) is 4.11. The minimum absolute atomic E-state index is 0.0845. The standard InChI is InChI=1S/C11H16ClNO/c1-8(7-14)13-9(2)10-5-3-4-6-11(10)12/h3-6,8-9,13-14H,7H2,1-2H3/t8-,9?/m1/s1. The van der Waals surface area contributed by atoms with E-state index >= 15 is 0 Å². The third-order valence-electron chi connectivity index (χ3n) is 2.18. The molecule has 78 valence electrons. The highest BCUT2D eigenvalue weighted by Gasteiger charge is 2.10. The first-order chi connectivity index (χ1) is 6.65. The van der Waals surface area contributed by atoms with Crippen LogP contribution in [0.25, 0.3) is 0 Å². The van der Waals surface area contributed by atoms with Crippen molar-refractivity contribution in [2.24, 2.45) is 0 Å². The second kappa shape index (κ2) is 5.35. The second-order valence-corrected chi connectivity index (χ2v) is 3.90. The van der Waals surface area contributed by atoms with Gasteiger partial charge in [-0.25, -0.2) is 0 Å². The Kier molecular flexibility index (Phi) is 4.39. The molecule has 14 heavy (non-hydrogen) atoms. The third-order valence-corrected chi connectivity index (χ3v) is 2.52. The first-order valence-corrected chi connectivity index (χ1v) is 5.14. The lowest BCUT2D eigenvalue weighted by molar-refractivity contribution is 0.243. The van der Waals surface area contributed by atoms with Crippen LogP contribution in [-0.2, 0) is 0 Å². The number of hydrogen-bond acceptors (Lipinski definition) is 2. The maximum absolute atomic E-state index is 8.90. The van der Waals surface area contributed by atoms with E-state index in [2.05, 4.69) is 5.32 Å². The summed E-state index contributed by atoms with van der Waals surface area (Å²) in [5.74, 6) is 0. The van der Waals surface area contributed by atoms with Crippen LogP contribution in [-0.4, -0.2) is 17.8 Å². The minimum Gasteiger partial charge on any atom is -0.395 e. The molecule has 0 bridgehead atoms. The zero-order valence-corrected chi connectivity index (χ0v) is 9.25. The number of benzene rings is 1. The van der Waals surface area contributed by atoms with Gasteiger partial charge < -0.3 is 10.4 Å². The van der Waals surface area contributed by atoms with Gasteiger partial charge in [-0.15, -0.1) is 0 Å². The average molecular weight is 214 g/mol. The molecule has 2 N–H and O–H groups in total. The van der Waals surface area contributed by atoms with Crippen LogP contribution >= 0.6 is 11.6 Å². The van der Waals surface area contributed by atoms with Crippen LogP contribution < -0.4 is 5.32 Å². The lowest BCUT2D eigenvalue weighted by Crippen LogP contribution is -2.31. The van der Waals surface area contributed by atoms with Crippen molar-refractivity contribution in [3.63, 3.8) is 0 Å². The van der Waals surface area contributed by atoms with Gasteiger partial charge in [0.15, 0.2) is 0 Å². The third kappa shape index (κ3) is 2.98. The molecule has 0 fully saturated rings. The Bertz CT molecular complexity index is 290. The largest absolute Gasteiger partial charge is 0.395 e. The highest BCUT2D eigenvalue weighted by molar-refractivity contribution is 6.31. The summed E-state index contributed by atoms with van der Waals surface area (Å²) in [6, 6.07) is 7.98. The summed E-state index contributed by atoms with van der Waals surface area (Å²) in [5.41, 5.74) is 1.06. The molecule has 0 heterocycles. The van der Waals surface area contributed by atoms with E-state index in [9.17, 15) is 0 Å². The predicted octanol–water partition coefficient (Wildman–Crippen LogP) is 2.37. The van der Waals surface area contributed by atoms with Crippen LogP contribution in [0.4, 0.5) is 0 Å². The maximum Gasteiger partial charge on any atom is 0.0582 e. The van der Waals surface area contributed by atoms with Gasteiger partial charge in [0.05, 0.1) is 6.61 Å². The van der Waals surface area contributed by atoms with Gasteiger partial charge in [-0.2, -0.15) is 0 Å².